The van der Waals surface area contributed by atoms with Gasteiger partial charge in [-0.25, -0.2) is 0 Å². The minimum Gasteiger partial charge on any atom is -0.508 e. The third-order valence-corrected chi connectivity index (χ3v) is 7.14. The van der Waals surface area contributed by atoms with Gasteiger partial charge in [-0.3, -0.25) is 4.79 Å². The first-order valence-electron chi connectivity index (χ1n) is 12.7. The number of benzene rings is 2. The van der Waals surface area contributed by atoms with Gasteiger partial charge in [0.1, 0.15) is 64.8 Å². The molecule has 2 aliphatic rings. The topological polar surface area (TPSA) is 229 Å². The highest BCUT2D eigenvalue weighted by Gasteiger charge is 2.45. The molecule has 8 N–H and O–H groups in total. The number of hydrogen-bond acceptors (Lipinski definition) is 14. The molecule has 1 unspecified atom stereocenters. The minimum absolute atomic E-state index is 0.0859. The number of aliphatic hydroxyl groups is 6. The molecule has 5 rings (SSSR count). The zero-order chi connectivity index (χ0) is 29.7. The van der Waals surface area contributed by atoms with Crippen molar-refractivity contribution in [1.82, 2.24) is 0 Å². The Hall–Kier alpha value is -3.47. The minimum atomic E-state index is -1.76. The van der Waals surface area contributed by atoms with Crippen LogP contribution >= 0.6 is 0 Å². The van der Waals surface area contributed by atoms with Crippen molar-refractivity contribution >= 4 is 11.0 Å². The first-order valence-corrected chi connectivity index (χ1v) is 12.7. The molecule has 0 radical (unpaired) electrons. The highest BCUT2D eigenvalue weighted by molar-refractivity contribution is 5.88. The molecule has 2 saturated heterocycles. The van der Waals surface area contributed by atoms with Crippen LogP contribution in [0.2, 0.25) is 0 Å². The van der Waals surface area contributed by atoms with E-state index < -0.39 is 78.3 Å². The highest BCUT2D eigenvalue weighted by atomic mass is 16.7. The molecule has 0 aliphatic carbocycles. The van der Waals surface area contributed by atoms with Gasteiger partial charge in [-0.1, -0.05) is 0 Å². The van der Waals surface area contributed by atoms with Crippen LogP contribution < -0.4 is 14.9 Å². The Labute approximate surface area is 231 Å². The third kappa shape index (κ3) is 5.31. The maximum Gasteiger partial charge on any atom is 0.239 e. The second-order valence-electron chi connectivity index (χ2n) is 10.1. The van der Waals surface area contributed by atoms with Gasteiger partial charge in [0.15, 0.2) is 5.76 Å². The van der Waals surface area contributed by atoms with Crippen LogP contribution in [0.3, 0.4) is 0 Å². The van der Waals surface area contributed by atoms with E-state index in [1.807, 2.05) is 0 Å². The molecule has 14 heteroatoms. The lowest BCUT2D eigenvalue weighted by molar-refractivity contribution is -0.268. The third-order valence-electron chi connectivity index (χ3n) is 7.14. The molecule has 0 saturated carbocycles. The van der Waals surface area contributed by atoms with Crippen LogP contribution in [0.4, 0.5) is 0 Å². The van der Waals surface area contributed by atoms with E-state index in [1.165, 1.54) is 44.2 Å². The molecular weight excluding hydrogens is 548 g/mol. The Morgan fingerprint density at radius 2 is 1.24 bits per heavy atom. The van der Waals surface area contributed by atoms with Gasteiger partial charge in [-0.15, -0.1) is 0 Å². The van der Waals surface area contributed by atoms with Crippen LogP contribution in [-0.4, -0.2) is 102 Å². The maximum absolute atomic E-state index is 13.7. The van der Waals surface area contributed by atoms with E-state index in [2.05, 4.69) is 0 Å². The van der Waals surface area contributed by atoms with Crippen LogP contribution in [0.25, 0.3) is 22.3 Å². The molecule has 10 atom stereocenters. The van der Waals surface area contributed by atoms with E-state index in [1.54, 1.807) is 0 Å². The van der Waals surface area contributed by atoms with Crippen molar-refractivity contribution < 1.29 is 64.2 Å². The molecule has 3 heterocycles. The predicted molar refractivity (Wildman–Crippen MR) is 137 cm³/mol. The van der Waals surface area contributed by atoms with E-state index >= 15 is 0 Å². The molecule has 1 aromatic heterocycles. The van der Waals surface area contributed by atoms with Crippen LogP contribution in [0, 0.1) is 0 Å². The maximum atomic E-state index is 13.7. The Balaban J connectivity index is 1.58. The molecule has 3 aromatic rings. The second kappa shape index (κ2) is 11.1. The second-order valence-corrected chi connectivity index (χ2v) is 10.1. The zero-order valence-electron chi connectivity index (χ0n) is 21.8. The van der Waals surface area contributed by atoms with Gasteiger partial charge in [0.25, 0.3) is 0 Å². The van der Waals surface area contributed by atoms with Gasteiger partial charge < -0.3 is 64.2 Å². The van der Waals surface area contributed by atoms with Crippen molar-refractivity contribution in [3.8, 4) is 34.3 Å². The summed E-state index contributed by atoms with van der Waals surface area (Å²) in [7, 11) is 0. The fourth-order valence-electron chi connectivity index (χ4n) is 4.71. The van der Waals surface area contributed by atoms with Crippen LogP contribution in [-0.2, 0) is 9.47 Å². The lowest BCUT2D eigenvalue weighted by Crippen LogP contribution is -2.58. The quantitative estimate of drug-likeness (QED) is 0.187. The number of phenols is 2. The molecule has 0 spiro atoms. The van der Waals surface area contributed by atoms with Crippen LogP contribution in [0.5, 0.6) is 23.0 Å². The van der Waals surface area contributed by atoms with E-state index in [9.17, 15) is 45.6 Å². The van der Waals surface area contributed by atoms with Crippen molar-refractivity contribution in [2.45, 2.75) is 75.3 Å². The number of ether oxygens (including phenoxy) is 4. The summed E-state index contributed by atoms with van der Waals surface area (Å²) in [6, 6.07) is 7.71. The zero-order valence-corrected chi connectivity index (χ0v) is 21.8. The number of aromatic hydroxyl groups is 2. The van der Waals surface area contributed by atoms with Crippen molar-refractivity contribution in [2.75, 3.05) is 0 Å². The summed E-state index contributed by atoms with van der Waals surface area (Å²) in [6.07, 6.45) is -14.3. The largest absolute Gasteiger partial charge is 0.508 e. The highest BCUT2D eigenvalue weighted by Crippen LogP contribution is 2.38. The van der Waals surface area contributed by atoms with E-state index in [4.69, 9.17) is 23.4 Å². The summed E-state index contributed by atoms with van der Waals surface area (Å²) in [4.78, 5) is 13.7. The molecule has 2 aliphatic heterocycles. The summed E-state index contributed by atoms with van der Waals surface area (Å²) < 4.78 is 28.2. The fourth-order valence-corrected chi connectivity index (χ4v) is 4.71. The molecule has 0 amide bonds. The van der Waals surface area contributed by atoms with Gasteiger partial charge in [0.2, 0.25) is 23.8 Å². The van der Waals surface area contributed by atoms with Gasteiger partial charge in [-0.2, -0.15) is 0 Å². The summed E-state index contributed by atoms with van der Waals surface area (Å²) >= 11 is 0. The predicted octanol–water partition coefficient (Wildman–Crippen LogP) is -0.716. The number of rotatable bonds is 5. The van der Waals surface area contributed by atoms with Crippen molar-refractivity contribution in [3.63, 3.8) is 0 Å². The number of fused-ring (bicyclic) bond motifs is 1. The van der Waals surface area contributed by atoms with E-state index in [0.29, 0.717) is 0 Å². The normalized spacial score (nSPS) is 34.0. The van der Waals surface area contributed by atoms with Crippen LogP contribution in [0.1, 0.15) is 13.8 Å². The Morgan fingerprint density at radius 1 is 0.707 bits per heavy atom. The number of hydrogen-bond donors (Lipinski definition) is 8. The van der Waals surface area contributed by atoms with E-state index in [-0.39, 0.29) is 33.8 Å². The number of aliphatic hydroxyl groups excluding tert-OH is 6. The molecule has 14 nitrogen and oxygen atoms in total. The van der Waals surface area contributed by atoms with Crippen molar-refractivity contribution in [3.05, 3.63) is 46.6 Å². The molecule has 222 valence electrons. The van der Waals surface area contributed by atoms with Gasteiger partial charge in [0, 0.05) is 17.7 Å². The monoisotopic (exact) mass is 578 g/mol. The first-order chi connectivity index (χ1) is 19.4. The average Bonchev–Trinajstić information content (AvgIpc) is 2.93. The molecule has 41 heavy (non-hydrogen) atoms. The van der Waals surface area contributed by atoms with Crippen molar-refractivity contribution in [2.24, 2.45) is 0 Å². The molecule has 2 fully saturated rings. The van der Waals surface area contributed by atoms with E-state index in [0.717, 1.165) is 6.07 Å². The Kier molecular flexibility index (Phi) is 7.84. The summed E-state index contributed by atoms with van der Waals surface area (Å²) in [6.45, 7) is 2.90. The standard InChI is InChI=1S/C27H30O14/c1-9-17(30)20(33)22(35)26(37-9)39-13-7-14(29)16-15(8-13)40-24(11-3-5-12(28)6-4-11)25(19(16)32)41-27-23(36)21(34)18(31)10(2)38-27/h3-10,17-18,20-23,26-31,33-36H,1-2H3/t9-,10?,17-,18-,20+,21+,22+,23+,26-,27-/m0/s1. The summed E-state index contributed by atoms with van der Waals surface area (Å²) in [5.41, 5.74) is -0.865. The average molecular weight is 579 g/mol. The lowest BCUT2D eigenvalue weighted by atomic mass is 10.00. The smallest absolute Gasteiger partial charge is 0.239 e. The lowest BCUT2D eigenvalue weighted by Gasteiger charge is -2.39. The number of phenolic OH excluding ortho intramolecular Hbond substituents is 2. The Morgan fingerprint density at radius 3 is 1.80 bits per heavy atom. The molecular formula is C27H30O14. The summed E-state index contributed by atoms with van der Waals surface area (Å²) in [5.74, 6) is -1.55. The van der Waals surface area contributed by atoms with Gasteiger partial charge in [-0.05, 0) is 38.1 Å². The SMILES string of the molecule is CC1O[C@@H](Oc2c(-c3ccc(O)cc3)oc3cc(O[C@@H]4O[C@@H](C)[C@H](O)[C@@H](O)[C@H]4O)cc(O)c3c2=O)[C@H](O)[C@H](O)[C@H]1O. The van der Waals surface area contributed by atoms with Gasteiger partial charge in [0.05, 0.1) is 12.2 Å². The first kappa shape index (κ1) is 29.0. The molecule has 0 bridgehead atoms. The van der Waals surface area contributed by atoms with Gasteiger partial charge >= 0.3 is 0 Å². The van der Waals surface area contributed by atoms with Crippen molar-refractivity contribution in [1.29, 1.82) is 0 Å². The summed E-state index contributed by atoms with van der Waals surface area (Å²) in [5, 5.41) is 81.1. The van der Waals surface area contributed by atoms with Crippen LogP contribution in [0.15, 0.2) is 45.6 Å². The molecule has 2 aromatic carbocycles. The Bertz CT molecular complexity index is 1460. The fraction of sp³-hybridized carbons (Fsp3) is 0.444.